The molecule has 0 fully saturated rings. The predicted molar refractivity (Wildman–Crippen MR) is 74.0 cm³/mol. The quantitative estimate of drug-likeness (QED) is 0.914. The lowest BCUT2D eigenvalue weighted by atomic mass is 10.1. The van der Waals surface area contributed by atoms with E-state index in [1.165, 1.54) is 16.8 Å². The first-order valence-electron chi connectivity index (χ1n) is 6.82. The van der Waals surface area contributed by atoms with E-state index < -0.39 is 0 Å². The molecular weight excluding hydrogens is 238 g/mol. The summed E-state index contributed by atoms with van der Waals surface area (Å²) in [5, 5.41) is 7.35. The fourth-order valence-corrected chi connectivity index (χ4v) is 2.56. The number of nitrogens with zero attached hydrogens (tertiary/aromatic N) is 2. The van der Waals surface area contributed by atoms with E-state index in [0.717, 1.165) is 31.9 Å². The molecule has 3 rings (SSSR count). The zero-order valence-electron chi connectivity index (χ0n) is 11.2. The number of H-pyrrole nitrogens is 1. The Balaban J connectivity index is 1.72. The average Bonchev–Trinajstić information content (AvgIpc) is 2.83. The first-order chi connectivity index (χ1) is 9.36. The molecule has 0 saturated heterocycles. The highest BCUT2D eigenvalue weighted by Gasteiger charge is 2.22. The minimum absolute atomic E-state index is 0.663. The summed E-state index contributed by atoms with van der Waals surface area (Å²) >= 11 is 0. The molecule has 2 aromatic rings. The monoisotopic (exact) mass is 257 g/mol. The number of nitrogens with one attached hydrogen (secondary N) is 1. The highest BCUT2D eigenvalue weighted by molar-refractivity contribution is 5.32. The molecule has 4 heteroatoms. The normalized spacial score (nSPS) is 15.2. The standard InChI is InChI=1S/C15H19N3O/c1-2-19-15-13-11-18(9-8-14(13)16-17-15)10-12-6-4-3-5-7-12/h3-7H,2,8-11H2,1H3,(H,16,17). The van der Waals surface area contributed by atoms with Gasteiger partial charge in [0.2, 0.25) is 5.88 Å². The van der Waals surface area contributed by atoms with Crippen molar-refractivity contribution in [1.82, 2.24) is 15.1 Å². The van der Waals surface area contributed by atoms with Gasteiger partial charge < -0.3 is 4.74 Å². The van der Waals surface area contributed by atoms with Gasteiger partial charge in [-0.2, -0.15) is 0 Å². The maximum absolute atomic E-state index is 5.57. The number of aromatic amines is 1. The van der Waals surface area contributed by atoms with Crippen molar-refractivity contribution in [3.8, 4) is 5.88 Å². The van der Waals surface area contributed by atoms with Gasteiger partial charge in [-0.05, 0) is 12.5 Å². The minimum atomic E-state index is 0.663. The first-order valence-corrected chi connectivity index (χ1v) is 6.82. The Morgan fingerprint density at radius 1 is 1.32 bits per heavy atom. The van der Waals surface area contributed by atoms with Crippen molar-refractivity contribution in [2.24, 2.45) is 0 Å². The summed E-state index contributed by atoms with van der Waals surface area (Å²) in [5.41, 5.74) is 3.81. The molecule has 2 heterocycles. The van der Waals surface area contributed by atoms with Gasteiger partial charge in [0.05, 0.1) is 12.2 Å². The van der Waals surface area contributed by atoms with E-state index in [-0.39, 0.29) is 0 Å². The van der Waals surface area contributed by atoms with E-state index in [1.54, 1.807) is 0 Å². The Morgan fingerprint density at radius 2 is 2.16 bits per heavy atom. The molecule has 0 spiro atoms. The van der Waals surface area contributed by atoms with E-state index in [2.05, 4.69) is 45.4 Å². The van der Waals surface area contributed by atoms with Crippen molar-refractivity contribution in [2.75, 3.05) is 13.2 Å². The summed E-state index contributed by atoms with van der Waals surface area (Å²) in [4.78, 5) is 2.44. The minimum Gasteiger partial charge on any atom is -0.477 e. The molecule has 1 aliphatic heterocycles. The number of benzene rings is 1. The lowest BCUT2D eigenvalue weighted by molar-refractivity contribution is 0.237. The maximum Gasteiger partial charge on any atom is 0.237 e. The number of hydrogen-bond acceptors (Lipinski definition) is 3. The van der Waals surface area contributed by atoms with Crippen LogP contribution in [0, 0.1) is 0 Å². The molecule has 1 aromatic carbocycles. The Kier molecular flexibility index (Phi) is 3.51. The molecule has 0 unspecified atom stereocenters. The third-order valence-corrected chi connectivity index (χ3v) is 3.50. The maximum atomic E-state index is 5.57. The number of ether oxygens (including phenoxy) is 1. The van der Waals surface area contributed by atoms with Crippen molar-refractivity contribution in [3.05, 3.63) is 47.2 Å². The SMILES string of the molecule is CCOc1n[nH]c2c1CN(Cc1ccccc1)CC2. The molecule has 0 bridgehead atoms. The number of rotatable bonds is 4. The van der Waals surface area contributed by atoms with E-state index in [4.69, 9.17) is 4.74 Å². The van der Waals surface area contributed by atoms with E-state index in [0.29, 0.717) is 6.61 Å². The topological polar surface area (TPSA) is 41.1 Å². The van der Waals surface area contributed by atoms with Gasteiger partial charge in [0.1, 0.15) is 0 Å². The number of fused-ring (bicyclic) bond motifs is 1. The molecule has 1 aliphatic rings. The summed E-state index contributed by atoms with van der Waals surface area (Å²) in [6, 6.07) is 10.6. The lowest BCUT2D eigenvalue weighted by Crippen LogP contribution is -2.29. The van der Waals surface area contributed by atoms with Crippen molar-refractivity contribution < 1.29 is 4.74 Å². The fourth-order valence-electron chi connectivity index (χ4n) is 2.56. The highest BCUT2D eigenvalue weighted by Crippen LogP contribution is 2.26. The van der Waals surface area contributed by atoms with Crippen LogP contribution in [-0.2, 0) is 19.5 Å². The third kappa shape index (κ3) is 2.63. The fraction of sp³-hybridized carbons (Fsp3) is 0.400. The van der Waals surface area contributed by atoms with Gasteiger partial charge in [0.25, 0.3) is 0 Å². The van der Waals surface area contributed by atoms with Gasteiger partial charge >= 0.3 is 0 Å². The van der Waals surface area contributed by atoms with Crippen LogP contribution < -0.4 is 4.74 Å². The van der Waals surface area contributed by atoms with E-state index in [1.807, 2.05) is 6.92 Å². The van der Waals surface area contributed by atoms with Crippen LogP contribution in [0.5, 0.6) is 5.88 Å². The molecule has 1 aromatic heterocycles. The van der Waals surface area contributed by atoms with Crippen molar-refractivity contribution in [2.45, 2.75) is 26.4 Å². The predicted octanol–water partition coefficient (Wildman–Crippen LogP) is 2.37. The van der Waals surface area contributed by atoms with E-state index in [9.17, 15) is 0 Å². The van der Waals surface area contributed by atoms with Crippen LogP contribution in [0.1, 0.15) is 23.7 Å². The van der Waals surface area contributed by atoms with Crippen LogP contribution in [0.15, 0.2) is 30.3 Å². The zero-order chi connectivity index (χ0) is 13.1. The highest BCUT2D eigenvalue weighted by atomic mass is 16.5. The Labute approximate surface area is 113 Å². The van der Waals surface area contributed by atoms with Crippen molar-refractivity contribution in [1.29, 1.82) is 0 Å². The Morgan fingerprint density at radius 3 is 2.95 bits per heavy atom. The van der Waals surface area contributed by atoms with Gasteiger partial charge in [-0.15, -0.1) is 5.10 Å². The van der Waals surface area contributed by atoms with Crippen LogP contribution >= 0.6 is 0 Å². The van der Waals surface area contributed by atoms with Gasteiger partial charge in [0.15, 0.2) is 0 Å². The molecule has 0 atom stereocenters. The van der Waals surface area contributed by atoms with Crippen LogP contribution in [0.25, 0.3) is 0 Å². The molecule has 100 valence electrons. The summed E-state index contributed by atoms with van der Waals surface area (Å²) in [6.45, 7) is 5.62. The van der Waals surface area contributed by atoms with Crippen LogP contribution in [0.3, 0.4) is 0 Å². The summed E-state index contributed by atoms with van der Waals surface area (Å²) in [6.07, 6.45) is 1.02. The molecule has 0 aliphatic carbocycles. The second kappa shape index (κ2) is 5.45. The van der Waals surface area contributed by atoms with Crippen molar-refractivity contribution >= 4 is 0 Å². The average molecular weight is 257 g/mol. The second-order valence-corrected chi connectivity index (χ2v) is 4.87. The molecular formula is C15H19N3O. The van der Waals surface area contributed by atoms with Crippen molar-refractivity contribution in [3.63, 3.8) is 0 Å². The number of hydrogen-bond donors (Lipinski definition) is 1. The van der Waals surface area contributed by atoms with Crippen LogP contribution in [0.2, 0.25) is 0 Å². The second-order valence-electron chi connectivity index (χ2n) is 4.87. The van der Waals surface area contributed by atoms with Crippen LogP contribution in [0.4, 0.5) is 0 Å². The largest absolute Gasteiger partial charge is 0.477 e. The van der Waals surface area contributed by atoms with Gasteiger partial charge in [-0.25, -0.2) is 0 Å². The van der Waals surface area contributed by atoms with Crippen LogP contribution in [-0.4, -0.2) is 28.2 Å². The van der Waals surface area contributed by atoms with Gasteiger partial charge in [0, 0.05) is 31.7 Å². The molecule has 4 nitrogen and oxygen atoms in total. The zero-order valence-corrected chi connectivity index (χ0v) is 11.2. The van der Waals surface area contributed by atoms with Gasteiger partial charge in [-0.3, -0.25) is 10.00 Å². The van der Waals surface area contributed by atoms with Gasteiger partial charge in [-0.1, -0.05) is 30.3 Å². The summed E-state index contributed by atoms with van der Waals surface area (Å²) < 4.78 is 5.57. The summed E-state index contributed by atoms with van der Waals surface area (Å²) in [5.74, 6) is 0.773. The Bertz CT molecular complexity index is 536. The smallest absolute Gasteiger partial charge is 0.237 e. The molecule has 0 radical (unpaired) electrons. The third-order valence-electron chi connectivity index (χ3n) is 3.50. The molecule has 1 N–H and O–H groups in total. The Hall–Kier alpha value is -1.81. The lowest BCUT2D eigenvalue weighted by Gasteiger charge is -2.26. The summed E-state index contributed by atoms with van der Waals surface area (Å²) in [7, 11) is 0. The number of aromatic nitrogens is 2. The molecule has 0 amide bonds. The molecule has 0 saturated carbocycles. The molecule has 19 heavy (non-hydrogen) atoms. The van der Waals surface area contributed by atoms with E-state index >= 15 is 0 Å². The first kappa shape index (κ1) is 12.2.